The summed E-state index contributed by atoms with van der Waals surface area (Å²) in [5.41, 5.74) is 3.71. The molecule has 1 N–H and O–H groups in total. The molecule has 6 nitrogen and oxygen atoms in total. The van der Waals surface area contributed by atoms with Crippen molar-refractivity contribution in [2.45, 2.75) is 40.2 Å². The molecule has 0 aliphatic carbocycles. The van der Waals surface area contributed by atoms with Gasteiger partial charge in [-0.1, -0.05) is 25.1 Å². The van der Waals surface area contributed by atoms with Crippen LogP contribution in [0.15, 0.2) is 47.4 Å². The highest BCUT2D eigenvalue weighted by molar-refractivity contribution is 8.18. The van der Waals surface area contributed by atoms with Crippen LogP contribution in [-0.4, -0.2) is 34.6 Å². The number of rotatable bonds is 7. The Hall–Kier alpha value is -3.06. The minimum Gasteiger partial charge on any atom is -0.484 e. The van der Waals surface area contributed by atoms with Gasteiger partial charge in [0.15, 0.2) is 6.61 Å². The summed E-state index contributed by atoms with van der Waals surface area (Å²) < 4.78 is 5.61. The highest BCUT2D eigenvalue weighted by Crippen LogP contribution is 2.34. The molecule has 0 saturated carbocycles. The molecule has 1 heterocycles. The molecule has 3 amide bonds. The van der Waals surface area contributed by atoms with E-state index >= 15 is 0 Å². The molecule has 162 valence electrons. The number of carbonyl (C=O) groups is 3. The summed E-state index contributed by atoms with van der Waals surface area (Å²) in [5.74, 6) is -0.0306. The molecule has 31 heavy (non-hydrogen) atoms. The summed E-state index contributed by atoms with van der Waals surface area (Å²) in [7, 11) is 0. The topological polar surface area (TPSA) is 75.7 Å². The molecule has 2 aromatic rings. The Morgan fingerprint density at radius 1 is 1.16 bits per heavy atom. The number of carbonyl (C=O) groups excluding carboxylic acids is 3. The highest BCUT2D eigenvalue weighted by atomic mass is 32.2. The third kappa shape index (κ3) is 5.55. The average molecular weight is 439 g/mol. The summed E-state index contributed by atoms with van der Waals surface area (Å²) in [4.78, 5) is 38.6. The second-order valence-electron chi connectivity index (χ2n) is 7.52. The fraction of sp³-hybridized carbons (Fsp3) is 0.292. The van der Waals surface area contributed by atoms with E-state index in [9.17, 15) is 14.4 Å². The van der Waals surface area contributed by atoms with E-state index < -0.39 is 0 Å². The van der Waals surface area contributed by atoms with Gasteiger partial charge in [-0.05, 0) is 86.0 Å². The Kier molecular flexibility index (Phi) is 7.17. The van der Waals surface area contributed by atoms with Crippen LogP contribution in [0.5, 0.6) is 5.75 Å². The quantitative estimate of drug-likeness (QED) is 0.605. The molecule has 1 fully saturated rings. The first-order chi connectivity index (χ1) is 14.8. The van der Waals surface area contributed by atoms with Crippen LogP contribution in [0, 0.1) is 13.8 Å². The Bertz CT molecular complexity index is 1050. The van der Waals surface area contributed by atoms with E-state index in [0.717, 1.165) is 34.1 Å². The van der Waals surface area contributed by atoms with Crippen molar-refractivity contribution in [2.24, 2.45) is 0 Å². The predicted octanol–water partition coefficient (Wildman–Crippen LogP) is 5.16. The predicted molar refractivity (Wildman–Crippen MR) is 124 cm³/mol. The molecule has 0 aromatic heterocycles. The minimum absolute atomic E-state index is 0.135. The maximum atomic E-state index is 12.6. The maximum absolute atomic E-state index is 12.6. The molecule has 1 saturated heterocycles. The number of hydrogen-bond donors (Lipinski definition) is 1. The van der Waals surface area contributed by atoms with Crippen LogP contribution in [-0.2, 0) is 9.59 Å². The van der Waals surface area contributed by atoms with E-state index in [4.69, 9.17) is 4.74 Å². The Morgan fingerprint density at radius 3 is 2.65 bits per heavy atom. The van der Waals surface area contributed by atoms with Gasteiger partial charge in [-0.15, -0.1) is 0 Å². The van der Waals surface area contributed by atoms with Crippen molar-refractivity contribution in [1.29, 1.82) is 0 Å². The summed E-state index contributed by atoms with van der Waals surface area (Å²) in [6.07, 6.45) is 2.38. The molecule has 1 atom stereocenters. The van der Waals surface area contributed by atoms with Gasteiger partial charge in [0.2, 0.25) is 0 Å². The van der Waals surface area contributed by atoms with Crippen LogP contribution < -0.4 is 10.1 Å². The molecular formula is C24H26N2O4S. The van der Waals surface area contributed by atoms with Crippen molar-refractivity contribution in [1.82, 2.24) is 4.90 Å². The standard InChI is InChI=1S/C24H26N2O4S/c1-5-17(4)26-23(28)21(31-24(26)29)13-18-7-6-8-20(12-18)30-14-22(27)25-19-10-9-15(2)16(3)11-19/h6-13,17H,5,14H2,1-4H3,(H,25,27)/b21-13+/t17-/m1/s1. The largest absolute Gasteiger partial charge is 0.484 e. The first kappa shape index (κ1) is 22.6. The zero-order chi connectivity index (χ0) is 22.5. The number of benzene rings is 2. The lowest BCUT2D eigenvalue weighted by atomic mass is 10.1. The van der Waals surface area contributed by atoms with Crippen molar-refractivity contribution in [2.75, 3.05) is 11.9 Å². The summed E-state index contributed by atoms with van der Waals surface area (Å²) in [6.45, 7) is 7.67. The van der Waals surface area contributed by atoms with Crippen molar-refractivity contribution < 1.29 is 19.1 Å². The van der Waals surface area contributed by atoms with Gasteiger partial charge in [0, 0.05) is 11.7 Å². The van der Waals surface area contributed by atoms with Gasteiger partial charge in [0.1, 0.15) is 5.75 Å². The van der Waals surface area contributed by atoms with Crippen LogP contribution in [0.4, 0.5) is 10.5 Å². The lowest BCUT2D eigenvalue weighted by molar-refractivity contribution is -0.124. The zero-order valence-electron chi connectivity index (χ0n) is 18.1. The van der Waals surface area contributed by atoms with Gasteiger partial charge >= 0.3 is 0 Å². The highest BCUT2D eigenvalue weighted by Gasteiger charge is 2.37. The van der Waals surface area contributed by atoms with E-state index in [1.165, 1.54) is 4.90 Å². The Balaban J connectivity index is 1.63. The van der Waals surface area contributed by atoms with Crippen LogP contribution in [0.2, 0.25) is 0 Å². The number of thioether (sulfide) groups is 1. The lowest BCUT2D eigenvalue weighted by Gasteiger charge is -2.19. The molecule has 1 aliphatic heterocycles. The van der Waals surface area contributed by atoms with Crippen molar-refractivity contribution >= 4 is 40.6 Å². The van der Waals surface area contributed by atoms with Crippen LogP contribution in [0.1, 0.15) is 37.0 Å². The number of hydrogen-bond acceptors (Lipinski definition) is 5. The van der Waals surface area contributed by atoms with Gasteiger partial charge in [0.25, 0.3) is 17.1 Å². The summed E-state index contributed by atoms with van der Waals surface area (Å²) >= 11 is 0.941. The fourth-order valence-electron chi connectivity index (χ4n) is 3.05. The van der Waals surface area contributed by atoms with E-state index in [-0.39, 0.29) is 29.7 Å². The van der Waals surface area contributed by atoms with Crippen molar-refractivity contribution in [3.63, 3.8) is 0 Å². The monoisotopic (exact) mass is 438 g/mol. The van der Waals surface area contributed by atoms with Gasteiger partial charge in [-0.3, -0.25) is 19.3 Å². The molecule has 7 heteroatoms. The Labute approximate surface area is 186 Å². The van der Waals surface area contributed by atoms with Crippen LogP contribution >= 0.6 is 11.8 Å². The van der Waals surface area contributed by atoms with E-state index in [1.54, 1.807) is 24.3 Å². The molecule has 0 radical (unpaired) electrons. The first-order valence-electron chi connectivity index (χ1n) is 10.2. The lowest BCUT2D eigenvalue weighted by Crippen LogP contribution is -2.36. The molecular weight excluding hydrogens is 412 g/mol. The molecule has 2 aromatic carbocycles. The average Bonchev–Trinajstić information content (AvgIpc) is 3.02. The number of amides is 3. The summed E-state index contributed by atoms with van der Waals surface area (Å²) in [6, 6.07) is 12.7. The third-order valence-electron chi connectivity index (χ3n) is 5.17. The molecule has 0 bridgehead atoms. The normalized spacial score (nSPS) is 16.0. The number of ether oxygens (including phenoxy) is 1. The molecule has 0 unspecified atom stereocenters. The van der Waals surface area contributed by atoms with Crippen molar-refractivity contribution in [3.8, 4) is 5.75 Å². The minimum atomic E-state index is -0.275. The maximum Gasteiger partial charge on any atom is 0.293 e. The number of imide groups is 1. The number of anilines is 1. The van der Waals surface area contributed by atoms with Gasteiger partial charge in [-0.2, -0.15) is 0 Å². The van der Waals surface area contributed by atoms with E-state index in [0.29, 0.717) is 17.1 Å². The van der Waals surface area contributed by atoms with Crippen LogP contribution in [0.25, 0.3) is 6.08 Å². The fourth-order valence-corrected chi connectivity index (χ4v) is 3.98. The van der Waals surface area contributed by atoms with Gasteiger partial charge in [-0.25, -0.2) is 0 Å². The smallest absolute Gasteiger partial charge is 0.293 e. The second kappa shape index (κ2) is 9.83. The number of nitrogens with zero attached hydrogens (tertiary/aromatic N) is 1. The third-order valence-corrected chi connectivity index (χ3v) is 6.06. The van der Waals surface area contributed by atoms with E-state index in [1.807, 2.05) is 52.0 Å². The zero-order valence-corrected chi connectivity index (χ0v) is 18.9. The van der Waals surface area contributed by atoms with Crippen LogP contribution in [0.3, 0.4) is 0 Å². The summed E-state index contributed by atoms with van der Waals surface area (Å²) in [5, 5.41) is 2.57. The number of nitrogens with one attached hydrogen (secondary N) is 1. The number of aryl methyl sites for hydroxylation is 2. The Morgan fingerprint density at radius 2 is 1.94 bits per heavy atom. The van der Waals surface area contributed by atoms with Crippen molar-refractivity contribution in [3.05, 3.63) is 64.1 Å². The first-order valence-corrected chi connectivity index (χ1v) is 11.0. The van der Waals surface area contributed by atoms with Gasteiger partial charge < -0.3 is 10.1 Å². The molecule has 1 aliphatic rings. The second-order valence-corrected chi connectivity index (χ2v) is 8.51. The van der Waals surface area contributed by atoms with E-state index in [2.05, 4.69) is 5.32 Å². The SMILES string of the molecule is CC[C@@H](C)N1C(=O)S/C(=C/c2cccc(OCC(=O)Nc3ccc(C)c(C)c3)c2)C1=O. The molecule has 0 spiro atoms. The van der Waals surface area contributed by atoms with Gasteiger partial charge in [0.05, 0.1) is 4.91 Å². The molecule has 3 rings (SSSR count).